The van der Waals surface area contributed by atoms with Crippen LogP contribution in [0.3, 0.4) is 0 Å². The van der Waals surface area contributed by atoms with Crippen LogP contribution in [0.1, 0.15) is 30.5 Å². The number of halogens is 1. The maximum atomic E-state index is 13.3. The van der Waals surface area contributed by atoms with Crippen LogP contribution < -0.4 is 5.32 Å². The zero-order valence-electron chi connectivity index (χ0n) is 15.2. The lowest BCUT2D eigenvalue weighted by Gasteiger charge is -2.10. The van der Waals surface area contributed by atoms with Gasteiger partial charge in [0.2, 0.25) is 5.82 Å². The molecule has 0 radical (unpaired) electrons. The number of amides is 1. The van der Waals surface area contributed by atoms with Crippen LogP contribution >= 0.6 is 11.3 Å². The smallest absolute Gasteiger partial charge is 0.296 e. The highest BCUT2D eigenvalue weighted by Gasteiger charge is 2.20. The largest absolute Gasteiger partial charge is 0.304 e. The zero-order valence-corrected chi connectivity index (χ0v) is 16.0. The molecule has 0 unspecified atom stereocenters. The second-order valence-corrected chi connectivity index (χ2v) is 7.28. The van der Waals surface area contributed by atoms with Gasteiger partial charge in [-0.2, -0.15) is 5.10 Å². The van der Waals surface area contributed by atoms with Crippen molar-refractivity contribution in [2.24, 2.45) is 0 Å². The Labute approximate surface area is 164 Å². The summed E-state index contributed by atoms with van der Waals surface area (Å²) in [7, 11) is 0. The van der Waals surface area contributed by atoms with E-state index in [1.165, 1.54) is 23.5 Å². The molecule has 1 N–H and O–H groups in total. The summed E-state index contributed by atoms with van der Waals surface area (Å²) >= 11 is 1.48. The second-order valence-electron chi connectivity index (χ2n) is 6.33. The Bertz CT molecular complexity index is 1100. The molecule has 7 nitrogen and oxygen atoms in total. The van der Waals surface area contributed by atoms with Gasteiger partial charge in [0, 0.05) is 12.1 Å². The van der Waals surface area contributed by atoms with Crippen molar-refractivity contribution in [2.75, 3.05) is 5.32 Å². The van der Waals surface area contributed by atoms with Gasteiger partial charge < -0.3 is 5.32 Å². The fourth-order valence-corrected chi connectivity index (χ4v) is 3.43. The molecule has 142 valence electrons. The average Bonchev–Trinajstić information content (AvgIpc) is 3.42. The van der Waals surface area contributed by atoms with Crippen LogP contribution in [0.5, 0.6) is 0 Å². The summed E-state index contributed by atoms with van der Waals surface area (Å²) in [5, 5.41) is 13.3. The van der Waals surface area contributed by atoms with E-state index in [2.05, 4.69) is 20.5 Å². The lowest BCUT2D eigenvalue weighted by molar-refractivity contribution is 0.101. The van der Waals surface area contributed by atoms with Crippen molar-refractivity contribution in [3.63, 3.8) is 0 Å². The molecule has 0 aliphatic heterocycles. The third-order valence-electron chi connectivity index (χ3n) is 4.02. The molecule has 0 saturated carbocycles. The van der Waals surface area contributed by atoms with Crippen molar-refractivity contribution < 1.29 is 9.18 Å². The van der Waals surface area contributed by atoms with Gasteiger partial charge in [-0.15, -0.1) is 16.4 Å². The van der Waals surface area contributed by atoms with E-state index in [0.29, 0.717) is 17.3 Å². The predicted molar refractivity (Wildman–Crippen MR) is 105 cm³/mol. The van der Waals surface area contributed by atoms with Crippen LogP contribution in [0.4, 0.5) is 10.2 Å². The highest BCUT2D eigenvalue weighted by molar-refractivity contribution is 7.13. The van der Waals surface area contributed by atoms with Gasteiger partial charge in [0.05, 0.1) is 16.8 Å². The molecule has 0 bridgehead atoms. The molecule has 0 aliphatic rings. The number of hydrogen-bond donors (Lipinski definition) is 1. The summed E-state index contributed by atoms with van der Waals surface area (Å²) in [5.74, 6) is 0.312. The molecular formula is C19H17FN6OS. The first-order valence-corrected chi connectivity index (χ1v) is 9.52. The fraction of sp³-hybridized carbons (Fsp3) is 0.158. The lowest BCUT2D eigenvalue weighted by Crippen LogP contribution is -2.18. The highest BCUT2D eigenvalue weighted by Crippen LogP contribution is 2.26. The van der Waals surface area contributed by atoms with Crippen molar-refractivity contribution in [3.05, 3.63) is 65.7 Å². The molecule has 0 fully saturated rings. The Hall–Kier alpha value is -3.33. The summed E-state index contributed by atoms with van der Waals surface area (Å²) in [6, 6.07) is 11.5. The maximum absolute atomic E-state index is 13.3. The van der Waals surface area contributed by atoms with Crippen molar-refractivity contribution >= 4 is 23.1 Å². The Balaban J connectivity index is 1.72. The Morgan fingerprint density at radius 3 is 2.64 bits per heavy atom. The number of aromatic nitrogens is 5. The van der Waals surface area contributed by atoms with Crippen molar-refractivity contribution in [1.82, 2.24) is 24.5 Å². The molecule has 0 spiro atoms. The predicted octanol–water partition coefficient (Wildman–Crippen LogP) is 4.16. The number of anilines is 1. The second kappa shape index (κ2) is 7.35. The number of carbonyl (C=O) groups excluding carboxylic acids is 1. The zero-order chi connectivity index (χ0) is 19.7. The van der Waals surface area contributed by atoms with Gasteiger partial charge in [-0.1, -0.05) is 6.07 Å². The minimum Gasteiger partial charge on any atom is -0.304 e. The molecule has 9 heteroatoms. The monoisotopic (exact) mass is 396 g/mol. The Morgan fingerprint density at radius 2 is 1.96 bits per heavy atom. The number of nitrogens with one attached hydrogen (secondary N) is 1. The van der Waals surface area contributed by atoms with E-state index in [0.717, 1.165) is 4.88 Å². The van der Waals surface area contributed by atoms with Gasteiger partial charge in [-0.05, 0) is 49.6 Å². The topological polar surface area (TPSA) is 77.6 Å². The van der Waals surface area contributed by atoms with Crippen LogP contribution in [0.25, 0.3) is 16.4 Å². The van der Waals surface area contributed by atoms with Crippen molar-refractivity contribution in [1.29, 1.82) is 0 Å². The van der Waals surface area contributed by atoms with E-state index in [9.17, 15) is 9.18 Å². The fourth-order valence-electron chi connectivity index (χ4n) is 2.73. The van der Waals surface area contributed by atoms with Gasteiger partial charge >= 0.3 is 0 Å². The normalized spacial score (nSPS) is 11.1. The van der Waals surface area contributed by atoms with Gasteiger partial charge in [0.25, 0.3) is 5.91 Å². The lowest BCUT2D eigenvalue weighted by atomic mass is 10.3. The van der Waals surface area contributed by atoms with E-state index < -0.39 is 5.91 Å². The molecule has 28 heavy (non-hydrogen) atoms. The first-order valence-electron chi connectivity index (χ1n) is 8.64. The number of thiophene rings is 1. The Morgan fingerprint density at radius 1 is 1.18 bits per heavy atom. The van der Waals surface area contributed by atoms with Crippen LogP contribution in [-0.4, -0.2) is 30.5 Å². The van der Waals surface area contributed by atoms with Gasteiger partial charge in [-0.3, -0.25) is 4.79 Å². The molecular weight excluding hydrogens is 379 g/mol. The molecule has 4 aromatic rings. The summed E-state index contributed by atoms with van der Waals surface area (Å²) in [4.78, 5) is 18.0. The molecule has 3 heterocycles. The van der Waals surface area contributed by atoms with Gasteiger partial charge in [-0.25, -0.2) is 18.7 Å². The maximum Gasteiger partial charge on any atom is 0.296 e. The van der Waals surface area contributed by atoms with Crippen LogP contribution in [-0.2, 0) is 0 Å². The standard InChI is InChI=1S/C19H17FN6OS/c1-12(2)25-16(9-10-21-25)22-19(27)17-23-18(15-4-3-11-28-15)26(24-17)14-7-5-13(20)6-8-14/h3-12H,1-2H3,(H,22,27). The van der Waals surface area contributed by atoms with Crippen molar-refractivity contribution in [3.8, 4) is 16.4 Å². The van der Waals surface area contributed by atoms with Crippen LogP contribution in [0.2, 0.25) is 0 Å². The van der Waals surface area contributed by atoms with Gasteiger partial charge in [0.1, 0.15) is 11.6 Å². The molecule has 0 saturated heterocycles. The number of carbonyl (C=O) groups is 1. The van der Waals surface area contributed by atoms with Crippen molar-refractivity contribution in [2.45, 2.75) is 19.9 Å². The number of rotatable bonds is 5. The molecule has 0 atom stereocenters. The molecule has 4 rings (SSSR count). The minimum atomic E-state index is -0.443. The van der Waals surface area contributed by atoms with E-state index in [1.54, 1.807) is 33.8 Å². The summed E-state index contributed by atoms with van der Waals surface area (Å²) in [5.41, 5.74) is 0.614. The highest BCUT2D eigenvalue weighted by atomic mass is 32.1. The van der Waals surface area contributed by atoms with Gasteiger partial charge in [0.15, 0.2) is 5.82 Å². The van der Waals surface area contributed by atoms with E-state index >= 15 is 0 Å². The molecule has 3 aromatic heterocycles. The number of benzene rings is 1. The third kappa shape index (κ3) is 3.44. The average molecular weight is 396 g/mol. The summed E-state index contributed by atoms with van der Waals surface area (Å²) in [6.45, 7) is 3.94. The first kappa shape index (κ1) is 18.1. The first-order chi connectivity index (χ1) is 13.5. The SMILES string of the molecule is CC(C)n1nccc1NC(=O)c1nc(-c2cccs2)n(-c2ccc(F)cc2)n1. The number of nitrogens with zero attached hydrogens (tertiary/aromatic N) is 5. The van der Waals surface area contributed by atoms with E-state index in [4.69, 9.17) is 0 Å². The van der Waals surface area contributed by atoms with Crippen LogP contribution in [0.15, 0.2) is 54.0 Å². The molecule has 0 aliphatic carbocycles. The third-order valence-corrected chi connectivity index (χ3v) is 4.89. The Kier molecular flexibility index (Phi) is 4.74. The molecule has 1 amide bonds. The number of hydrogen-bond acceptors (Lipinski definition) is 5. The van der Waals surface area contributed by atoms with E-state index in [1.807, 2.05) is 31.4 Å². The summed E-state index contributed by atoms with van der Waals surface area (Å²) < 4.78 is 16.6. The molecule has 1 aromatic carbocycles. The quantitative estimate of drug-likeness (QED) is 0.549. The van der Waals surface area contributed by atoms with E-state index in [-0.39, 0.29) is 17.7 Å². The minimum absolute atomic E-state index is 0.0178. The summed E-state index contributed by atoms with van der Waals surface area (Å²) in [6.07, 6.45) is 1.62. The van der Waals surface area contributed by atoms with Crippen LogP contribution in [0, 0.1) is 5.82 Å².